The minimum atomic E-state index is -0.175. The normalized spacial score (nSPS) is 15.1. The largest absolute Gasteiger partial charge is 0.469 e. The number of ether oxygens (including phenoxy) is 1. The summed E-state index contributed by atoms with van der Waals surface area (Å²) in [6.45, 7) is 2.76. The number of amides is 1. The van der Waals surface area contributed by atoms with Crippen LogP contribution in [0.15, 0.2) is 53.1 Å². The molecular weight excluding hydrogens is 344 g/mol. The number of carbonyl (C=O) groups excluding carboxylic acids is 2. The van der Waals surface area contributed by atoms with E-state index in [4.69, 9.17) is 9.15 Å². The summed E-state index contributed by atoms with van der Waals surface area (Å²) in [5.74, 6) is 0.650. The van der Waals surface area contributed by atoms with Crippen LogP contribution in [-0.4, -0.2) is 48.4 Å². The van der Waals surface area contributed by atoms with Crippen LogP contribution in [0.4, 0.5) is 0 Å². The fourth-order valence-corrected chi connectivity index (χ4v) is 3.45. The maximum absolute atomic E-state index is 12.8. The van der Waals surface area contributed by atoms with Crippen molar-refractivity contribution in [3.63, 3.8) is 0 Å². The highest BCUT2D eigenvalue weighted by Gasteiger charge is 2.28. The number of hydrogen-bond acceptors (Lipinski definition) is 5. The van der Waals surface area contributed by atoms with Crippen molar-refractivity contribution in [1.29, 1.82) is 0 Å². The molecule has 0 unspecified atom stereocenters. The molecule has 3 rings (SSSR count). The maximum Gasteiger partial charge on any atom is 0.308 e. The molecule has 0 radical (unpaired) electrons. The highest BCUT2D eigenvalue weighted by Crippen LogP contribution is 2.19. The van der Waals surface area contributed by atoms with Crippen molar-refractivity contribution in [1.82, 2.24) is 9.80 Å². The summed E-state index contributed by atoms with van der Waals surface area (Å²) >= 11 is 0. The van der Waals surface area contributed by atoms with Crippen LogP contribution >= 0.6 is 0 Å². The molecule has 2 heterocycles. The van der Waals surface area contributed by atoms with Gasteiger partial charge in [-0.25, -0.2) is 0 Å². The van der Waals surface area contributed by atoms with Gasteiger partial charge < -0.3 is 14.1 Å². The molecule has 27 heavy (non-hydrogen) atoms. The molecule has 0 N–H and O–H groups in total. The SMILES string of the molecule is COC(=O)C1CCN(C(=O)CN(Cc2ccccc2)Cc2ccco2)CC1. The van der Waals surface area contributed by atoms with Crippen molar-refractivity contribution >= 4 is 11.9 Å². The van der Waals surface area contributed by atoms with E-state index < -0.39 is 0 Å². The van der Waals surface area contributed by atoms with Crippen molar-refractivity contribution in [3.05, 3.63) is 60.1 Å². The van der Waals surface area contributed by atoms with Gasteiger partial charge in [-0.2, -0.15) is 0 Å². The molecular formula is C21H26N2O4. The van der Waals surface area contributed by atoms with E-state index >= 15 is 0 Å². The number of rotatable bonds is 7. The molecule has 1 fully saturated rings. The monoisotopic (exact) mass is 370 g/mol. The van der Waals surface area contributed by atoms with Gasteiger partial charge in [0.2, 0.25) is 5.91 Å². The third-order valence-corrected chi connectivity index (χ3v) is 4.95. The quantitative estimate of drug-likeness (QED) is 0.701. The first-order valence-electron chi connectivity index (χ1n) is 9.30. The third kappa shape index (κ3) is 5.44. The molecule has 1 aliphatic rings. The molecule has 1 saturated heterocycles. The summed E-state index contributed by atoms with van der Waals surface area (Å²) in [6, 6.07) is 13.9. The van der Waals surface area contributed by atoms with Gasteiger partial charge in [0.1, 0.15) is 5.76 Å². The number of piperidine rings is 1. The van der Waals surface area contributed by atoms with E-state index in [-0.39, 0.29) is 17.8 Å². The number of nitrogens with zero attached hydrogens (tertiary/aromatic N) is 2. The van der Waals surface area contributed by atoms with Crippen molar-refractivity contribution in [2.24, 2.45) is 5.92 Å². The van der Waals surface area contributed by atoms with Gasteiger partial charge in [-0.05, 0) is 30.5 Å². The van der Waals surface area contributed by atoms with Crippen LogP contribution in [0.5, 0.6) is 0 Å². The van der Waals surface area contributed by atoms with Crippen LogP contribution in [0.25, 0.3) is 0 Å². The van der Waals surface area contributed by atoms with Crippen molar-refractivity contribution in [2.45, 2.75) is 25.9 Å². The average Bonchev–Trinajstić information content (AvgIpc) is 3.21. The Bertz CT molecular complexity index is 722. The molecule has 6 nitrogen and oxygen atoms in total. The number of methoxy groups -OCH3 is 1. The minimum absolute atomic E-state index is 0.0841. The molecule has 0 atom stereocenters. The zero-order valence-electron chi connectivity index (χ0n) is 15.7. The molecule has 1 aliphatic heterocycles. The lowest BCUT2D eigenvalue weighted by Gasteiger charge is -2.32. The van der Waals surface area contributed by atoms with Crippen LogP contribution in [0.2, 0.25) is 0 Å². The number of esters is 1. The van der Waals surface area contributed by atoms with Gasteiger partial charge in [0.25, 0.3) is 0 Å². The molecule has 144 valence electrons. The predicted molar refractivity (Wildman–Crippen MR) is 101 cm³/mol. The number of carbonyl (C=O) groups is 2. The van der Waals surface area contributed by atoms with Gasteiger partial charge >= 0.3 is 5.97 Å². The Balaban J connectivity index is 1.59. The summed E-state index contributed by atoms with van der Waals surface area (Å²) in [5.41, 5.74) is 1.15. The van der Waals surface area contributed by atoms with Crippen LogP contribution in [-0.2, 0) is 27.4 Å². The maximum atomic E-state index is 12.8. The van der Waals surface area contributed by atoms with E-state index in [1.165, 1.54) is 7.11 Å². The van der Waals surface area contributed by atoms with E-state index in [0.29, 0.717) is 45.6 Å². The lowest BCUT2D eigenvalue weighted by molar-refractivity contribution is -0.149. The van der Waals surface area contributed by atoms with Crippen molar-refractivity contribution in [3.8, 4) is 0 Å². The smallest absolute Gasteiger partial charge is 0.308 e. The van der Waals surface area contributed by atoms with E-state index in [1.54, 1.807) is 6.26 Å². The summed E-state index contributed by atoms with van der Waals surface area (Å²) in [4.78, 5) is 28.4. The van der Waals surface area contributed by atoms with Gasteiger partial charge in [-0.3, -0.25) is 14.5 Å². The molecule has 0 bridgehead atoms. The average molecular weight is 370 g/mol. The Morgan fingerprint density at radius 1 is 1.11 bits per heavy atom. The predicted octanol–water partition coefficient (Wildman–Crippen LogP) is 2.69. The second kappa shape index (κ2) is 9.37. The van der Waals surface area contributed by atoms with Crippen LogP contribution in [0.1, 0.15) is 24.2 Å². The first kappa shape index (κ1) is 19.2. The van der Waals surface area contributed by atoms with Gasteiger partial charge in [0.15, 0.2) is 0 Å². The first-order chi connectivity index (χ1) is 13.2. The number of likely N-dealkylation sites (tertiary alicyclic amines) is 1. The lowest BCUT2D eigenvalue weighted by Crippen LogP contribution is -2.45. The molecule has 0 aliphatic carbocycles. The minimum Gasteiger partial charge on any atom is -0.469 e. The zero-order chi connectivity index (χ0) is 19.1. The Hall–Kier alpha value is -2.60. The third-order valence-electron chi connectivity index (χ3n) is 4.95. The molecule has 1 aromatic carbocycles. The van der Waals surface area contributed by atoms with E-state index in [1.807, 2.05) is 35.2 Å². The van der Waals surface area contributed by atoms with Gasteiger partial charge in [-0.15, -0.1) is 0 Å². The van der Waals surface area contributed by atoms with E-state index in [9.17, 15) is 9.59 Å². The fourth-order valence-electron chi connectivity index (χ4n) is 3.45. The molecule has 1 amide bonds. The molecule has 1 aromatic heterocycles. The second-order valence-corrected chi connectivity index (χ2v) is 6.89. The van der Waals surface area contributed by atoms with Gasteiger partial charge in [0.05, 0.1) is 32.4 Å². The molecule has 2 aromatic rings. The Labute approximate surface area is 159 Å². The summed E-state index contributed by atoms with van der Waals surface area (Å²) in [7, 11) is 1.41. The molecule has 0 spiro atoms. The van der Waals surface area contributed by atoms with Gasteiger partial charge in [0, 0.05) is 19.6 Å². The fraction of sp³-hybridized carbons (Fsp3) is 0.429. The Kier molecular flexibility index (Phi) is 6.65. The van der Waals surface area contributed by atoms with E-state index in [2.05, 4.69) is 17.0 Å². The summed E-state index contributed by atoms with van der Waals surface area (Å²) < 4.78 is 10.3. The van der Waals surface area contributed by atoms with Gasteiger partial charge in [-0.1, -0.05) is 30.3 Å². The lowest BCUT2D eigenvalue weighted by atomic mass is 9.97. The number of hydrogen-bond donors (Lipinski definition) is 0. The highest BCUT2D eigenvalue weighted by atomic mass is 16.5. The summed E-state index contributed by atoms with van der Waals surface area (Å²) in [6.07, 6.45) is 2.97. The Morgan fingerprint density at radius 2 is 1.85 bits per heavy atom. The first-order valence-corrected chi connectivity index (χ1v) is 9.30. The standard InChI is InChI=1S/C21H26N2O4/c1-26-21(25)18-9-11-23(12-10-18)20(24)16-22(15-19-8-5-13-27-19)14-17-6-3-2-4-7-17/h2-8,13,18H,9-12,14-16H2,1H3. The second-order valence-electron chi connectivity index (χ2n) is 6.89. The van der Waals surface area contributed by atoms with Crippen LogP contribution in [0, 0.1) is 5.92 Å². The molecule has 6 heteroatoms. The van der Waals surface area contributed by atoms with Crippen molar-refractivity contribution < 1.29 is 18.7 Å². The topological polar surface area (TPSA) is 63.0 Å². The van der Waals surface area contributed by atoms with Crippen LogP contribution < -0.4 is 0 Å². The summed E-state index contributed by atoms with van der Waals surface area (Å²) in [5, 5.41) is 0. The zero-order valence-corrected chi connectivity index (χ0v) is 15.7. The highest BCUT2D eigenvalue weighted by molar-refractivity contribution is 5.79. The number of benzene rings is 1. The number of furan rings is 1. The Morgan fingerprint density at radius 3 is 2.48 bits per heavy atom. The van der Waals surface area contributed by atoms with E-state index in [0.717, 1.165) is 11.3 Å². The molecule has 0 saturated carbocycles. The van der Waals surface area contributed by atoms with Crippen molar-refractivity contribution in [2.75, 3.05) is 26.7 Å². The van der Waals surface area contributed by atoms with Crippen LogP contribution in [0.3, 0.4) is 0 Å².